The van der Waals surface area contributed by atoms with Crippen molar-refractivity contribution in [3.8, 4) is 0 Å². The van der Waals surface area contributed by atoms with Crippen LogP contribution in [-0.4, -0.2) is 48.6 Å². The molecule has 0 bridgehead atoms. The van der Waals surface area contributed by atoms with Crippen molar-refractivity contribution in [1.82, 2.24) is 15.2 Å². The van der Waals surface area contributed by atoms with Gasteiger partial charge in [0.2, 0.25) is 0 Å². The van der Waals surface area contributed by atoms with Gasteiger partial charge in [-0.05, 0) is 38.1 Å². The van der Waals surface area contributed by atoms with E-state index in [-0.39, 0.29) is 11.9 Å². The molecule has 6 nitrogen and oxygen atoms in total. The number of carbonyl (C=O) groups is 1. The maximum atomic E-state index is 12.9. The molecule has 1 unspecified atom stereocenters. The number of aryl methyl sites for hydroxylation is 2. The van der Waals surface area contributed by atoms with Gasteiger partial charge in [-0.1, -0.05) is 17.7 Å². The summed E-state index contributed by atoms with van der Waals surface area (Å²) in [7, 11) is 0. The minimum absolute atomic E-state index is 0.000906. The van der Waals surface area contributed by atoms with E-state index in [0.717, 1.165) is 40.9 Å². The zero-order valence-electron chi connectivity index (χ0n) is 16.3. The molecule has 6 heteroatoms. The van der Waals surface area contributed by atoms with Crippen LogP contribution in [0.3, 0.4) is 0 Å². The average Bonchev–Trinajstić information content (AvgIpc) is 3.06. The molecule has 1 aromatic carbocycles. The van der Waals surface area contributed by atoms with Crippen LogP contribution in [0.15, 0.2) is 47.0 Å². The summed E-state index contributed by atoms with van der Waals surface area (Å²) in [6.45, 7) is 7.45. The standard InChI is InChI=1S/C22H25N3O3/c1-15-6-7-20-17(13-15)16(2)21(28-20)22(26)24-14-19(18-5-3-4-8-23-18)25-9-11-27-12-10-25/h3-8,13,19H,9-12,14H2,1-2H3,(H,24,26). The lowest BCUT2D eigenvalue weighted by Gasteiger charge is -2.34. The first-order valence-corrected chi connectivity index (χ1v) is 9.64. The van der Waals surface area contributed by atoms with Crippen molar-refractivity contribution < 1.29 is 13.9 Å². The lowest BCUT2D eigenvalue weighted by Crippen LogP contribution is -2.44. The number of rotatable bonds is 5. The van der Waals surface area contributed by atoms with E-state index >= 15 is 0 Å². The van der Waals surface area contributed by atoms with Crippen molar-refractivity contribution in [3.05, 3.63) is 65.2 Å². The van der Waals surface area contributed by atoms with Crippen LogP contribution in [-0.2, 0) is 4.74 Å². The van der Waals surface area contributed by atoms with E-state index < -0.39 is 0 Å². The second-order valence-electron chi connectivity index (χ2n) is 7.18. The fourth-order valence-electron chi connectivity index (χ4n) is 3.70. The summed E-state index contributed by atoms with van der Waals surface area (Å²) >= 11 is 0. The van der Waals surface area contributed by atoms with Crippen molar-refractivity contribution in [2.75, 3.05) is 32.8 Å². The van der Waals surface area contributed by atoms with Gasteiger partial charge >= 0.3 is 0 Å². The third kappa shape index (κ3) is 3.79. The number of benzene rings is 1. The summed E-state index contributed by atoms with van der Waals surface area (Å²) in [6, 6.07) is 11.8. The Kier molecular flexibility index (Phi) is 5.41. The molecule has 2 aromatic heterocycles. The van der Waals surface area contributed by atoms with Crippen LogP contribution in [0.1, 0.15) is 33.4 Å². The molecule has 1 amide bonds. The monoisotopic (exact) mass is 379 g/mol. The first-order valence-electron chi connectivity index (χ1n) is 9.64. The van der Waals surface area contributed by atoms with Gasteiger partial charge in [-0.3, -0.25) is 14.7 Å². The maximum absolute atomic E-state index is 12.9. The number of nitrogens with zero attached hydrogens (tertiary/aromatic N) is 2. The Morgan fingerprint density at radius 3 is 2.79 bits per heavy atom. The van der Waals surface area contributed by atoms with Crippen molar-refractivity contribution in [2.24, 2.45) is 0 Å². The molecule has 1 N–H and O–H groups in total. The van der Waals surface area contributed by atoms with Gasteiger partial charge in [0.15, 0.2) is 5.76 Å². The topological polar surface area (TPSA) is 67.6 Å². The normalized spacial score (nSPS) is 16.2. The molecule has 1 saturated heterocycles. The highest BCUT2D eigenvalue weighted by molar-refractivity contribution is 5.99. The van der Waals surface area contributed by atoms with Gasteiger partial charge in [0.05, 0.1) is 24.9 Å². The van der Waals surface area contributed by atoms with Crippen LogP contribution in [0.2, 0.25) is 0 Å². The Morgan fingerprint density at radius 2 is 2.04 bits per heavy atom. The van der Waals surface area contributed by atoms with Crippen LogP contribution < -0.4 is 5.32 Å². The lowest BCUT2D eigenvalue weighted by atomic mass is 10.1. The van der Waals surface area contributed by atoms with E-state index in [1.165, 1.54) is 0 Å². The van der Waals surface area contributed by atoms with Crippen LogP contribution in [0.25, 0.3) is 11.0 Å². The lowest BCUT2D eigenvalue weighted by molar-refractivity contribution is 0.0153. The molecule has 0 aliphatic carbocycles. The number of aromatic nitrogens is 1. The van der Waals surface area contributed by atoms with E-state index in [9.17, 15) is 4.79 Å². The number of fused-ring (bicyclic) bond motifs is 1. The highest BCUT2D eigenvalue weighted by Crippen LogP contribution is 2.26. The molecule has 3 aromatic rings. The van der Waals surface area contributed by atoms with Crippen molar-refractivity contribution in [1.29, 1.82) is 0 Å². The third-order valence-corrected chi connectivity index (χ3v) is 5.27. The van der Waals surface area contributed by atoms with Gasteiger partial charge in [0.25, 0.3) is 5.91 Å². The molecular formula is C22H25N3O3. The number of nitrogens with one attached hydrogen (secondary N) is 1. The zero-order chi connectivity index (χ0) is 19.5. The second-order valence-corrected chi connectivity index (χ2v) is 7.18. The first kappa shape index (κ1) is 18.7. The van der Waals surface area contributed by atoms with E-state index in [1.807, 2.05) is 44.2 Å². The summed E-state index contributed by atoms with van der Waals surface area (Å²) in [5, 5.41) is 4.04. The van der Waals surface area contributed by atoms with Gasteiger partial charge in [-0.15, -0.1) is 0 Å². The predicted octanol–water partition coefficient (Wildman–Crippen LogP) is 3.25. The molecule has 0 radical (unpaired) electrons. The van der Waals surface area contributed by atoms with Crippen LogP contribution in [0.5, 0.6) is 0 Å². The Bertz CT molecular complexity index is 962. The third-order valence-electron chi connectivity index (χ3n) is 5.27. The Balaban J connectivity index is 1.53. The van der Waals surface area contributed by atoms with Gasteiger partial charge in [-0.25, -0.2) is 0 Å². The number of pyridine rings is 1. The quantitative estimate of drug-likeness (QED) is 0.737. The molecule has 0 saturated carbocycles. The van der Waals surface area contributed by atoms with Gasteiger partial charge in [-0.2, -0.15) is 0 Å². The summed E-state index contributed by atoms with van der Waals surface area (Å²) < 4.78 is 11.3. The number of ether oxygens (including phenoxy) is 1. The maximum Gasteiger partial charge on any atom is 0.287 e. The molecule has 0 spiro atoms. The van der Waals surface area contributed by atoms with Crippen molar-refractivity contribution in [2.45, 2.75) is 19.9 Å². The predicted molar refractivity (Wildman–Crippen MR) is 107 cm³/mol. The summed E-state index contributed by atoms with van der Waals surface area (Å²) in [5.74, 6) is 0.183. The number of hydrogen-bond donors (Lipinski definition) is 1. The van der Waals surface area contributed by atoms with Crippen LogP contribution in [0, 0.1) is 13.8 Å². The molecule has 1 fully saturated rings. The van der Waals surface area contributed by atoms with Gasteiger partial charge in [0, 0.05) is 36.8 Å². The fourth-order valence-corrected chi connectivity index (χ4v) is 3.70. The summed E-state index contributed by atoms with van der Waals surface area (Å²) in [4.78, 5) is 19.7. The van der Waals surface area contributed by atoms with E-state index in [0.29, 0.717) is 25.5 Å². The summed E-state index contributed by atoms with van der Waals surface area (Å²) in [5.41, 5.74) is 3.70. The average molecular weight is 379 g/mol. The smallest absolute Gasteiger partial charge is 0.287 e. The SMILES string of the molecule is Cc1ccc2oc(C(=O)NCC(c3ccccn3)N3CCOCC3)c(C)c2c1. The highest BCUT2D eigenvalue weighted by atomic mass is 16.5. The van der Waals surface area contributed by atoms with E-state index in [2.05, 4.69) is 21.3 Å². The van der Waals surface area contributed by atoms with E-state index in [1.54, 1.807) is 6.20 Å². The summed E-state index contributed by atoms with van der Waals surface area (Å²) in [6.07, 6.45) is 1.79. The largest absolute Gasteiger partial charge is 0.451 e. The van der Waals surface area contributed by atoms with Crippen LogP contribution >= 0.6 is 0 Å². The Hall–Kier alpha value is -2.70. The Labute approximate surface area is 164 Å². The van der Waals surface area contributed by atoms with Gasteiger partial charge in [0.1, 0.15) is 5.58 Å². The van der Waals surface area contributed by atoms with Crippen molar-refractivity contribution >= 4 is 16.9 Å². The van der Waals surface area contributed by atoms with Gasteiger partial charge < -0.3 is 14.5 Å². The number of carbonyl (C=O) groups excluding carboxylic acids is 1. The number of hydrogen-bond acceptors (Lipinski definition) is 5. The molecule has 4 rings (SSSR count). The molecular weight excluding hydrogens is 354 g/mol. The second kappa shape index (κ2) is 8.12. The fraction of sp³-hybridized carbons (Fsp3) is 0.364. The highest BCUT2D eigenvalue weighted by Gasteiger charge is 2.25. The molecule has 28 heavy (non-hydrogen) atoms. The minimum atomic E-state index is -0.194. The molecule has 3 heterocycles. The molecule has 1 atom stereocenters. The number of morpholine rings is 1. The molecule has 1 aliphatic rings. The number of furan rings is 1. The van der Waals surface area contributed by atoms with Crippen LogP contribution in [0.4, 0.5) is 0 Å². The van der Waals surface area contributed by atoms with E-state index in [4.69, 9.17) is 9.15 Å². The number of amides is 1. The molecule has 1 aliphatic heterocycles. The molecule has 146 valence electrons. The van der Waals surface area contributed by atoms with Crippen molar-refractivity contribution in [3.63, 3.8) is 0 Å². The first-order chi connectivity index (χ1) is 13.6. The Morgan fingerprint density at radius 1 is 1.21 bits per heavy atom. The minimum Gasteiger partial charge on any atom is -0.451 e. The zero-order valence-corrected chi connectivity index (χ0v) is 16.3.